The highest BCUT2D eigenvalue weighted by Crippen LogP contribution is 2.48. The number of hydrogen-bond donors (Lipinski definition) is 5. The number of benzene rings is 2. The van der Waals surface area contributed by atoms with E-state index < -0.39 is 29.1 Å². The Kier molecular flexibility index (Phi) is 3.44. The minimum Gasteiger partial charge on any atom is -0.507 e. The minimum absolute atomic E-state index is 0.00581. The Morgan fingerprint density at radius 3 is 2.08 bits per heavy atom. The van der Waals surface area contributed by atoms with Gasteiger partial charge in [-0.3, -0.25) is 4.79 Å². The molecule has 0 spiro atoms. The molecule has 1 aliphatic rings. The van der Waals surface area contributed by atoms with Crippen LogP contribution in [-0.4, -0.2) is 31.3 Å². The van der Waals surface area contributed by atoms with Crippen LogP contribution in [0.2, 0.25) is 0 Å². The average Bonchev–Trinajstić information content (AvgIpc) is 2.54. The van der Waals surface area contributed by atoms with E-state index in [1.807, 2.05) is 0 Å². The van der Waals surface area contributed by atoms with Gasteiger partial charge >= 0.3 is 0 Å². The summed E-state index contributed by atoms with van der Waals surface area (Å²) >= 11 is 0. The molecule has 7 nitrogen and oxygen atoms in total. The molecule has 0 saturated heterocycles. The molecule has 5 N–H and O–H groups in total. The highest BCUT2D eigenvalue weighted by molar-refractivity contribution is 6.03. The van der Waals surface area contributed by atoms with Crippen LogP contribution < -0.4 is 4.74 Å². The van der Waals surface area contributed by atoms with Crippen LogP contribution in [0.15, 0.2) is 12.1 Å². The van der Waals surface area contributed by atoms with Gasteiger partial charge in [-0.25, -0.2) is 0 Å². The van der Waals surface area contributed by atoms with Crippen molar-refractivity contribution in [3.8, 4) is 34.5 Å². The molecule has 1 atom stereocenters. The number of phenolic OH excluding ortho intramolecular Hbond substituents is 5. The molecule has 1 aliphatic heterocycles. The van der Waals surface area contributed by atoms with Crippen LogP contribution in [0.3, 0.4) is 0 Å². The lowest BCUT2D eigenvalue weighted by molar-refractivity contribution is 0.0841. The van der Waals surface area contributed by atoms with Gasteiger partial charge in [-0.05, 0) is 26.0 Å². The summed E-state index contributed by atoms with van der Waals surface area (Å²) in [6.45, 7) is 3.05. The molecule has 0 fully saturated rings. The van der Waals surface area contributed by atoms with Gasteiger partial charge in [-0.15, -0.1) is 0 Å². The van der Waals surface area contributed by atoms with Gasteiger partial charge in [0.1, 0.15) is 28.9 Å². The highest BCUT2D eigenvalue weighted by atomic mass is 16.5. The minimum atomic E-state index is -0.845. The van der Waals surface area contributed by atoms with Crippen LogP contribution in [0.5, 0.6) is 34.5 Å². The van der Waals surface area contributed by atoms with E-state index in [9.17, 15) is 30.3 Å². The Morgan fingerprint density at radius 2 is 1.50 bits per heavy atom. The number of fused-ring (bicyclic) bond motifs is 1. The SMILES string of the molecule is Cc1c(O)c(C)c2c(c1O)C(=O)C[C@@H](c1cc(O)c(O)c(O)c1)O2. The number of ether oxygens (including phenoxy) is 1. The summed E-state index contributed by atoms with van der Waals surface area (Å²) in [5.74, 6) is -2.58. The summed E-state index contributed by atoms with van der Waals surface area (Å²) < 4.78 is 5.74. The summed E-state index contributed by atoms with van der Waals surface area (Å²) in [6.07, 6.45) is -0.976. The number of carbonyl (C=O) groups is 1. The van der Waals surface area contributed by atoms with Crippen molar-refractivity contribution >= 4 is 5.78 Å². The fourth-order valence-corrected chi connectivity index (χ4v) is 2.84. The predicted molar refractivity (Wildman–Crippen MR) is 83.0 cm³/mol. The third kappa shape index (κ3) is 2.17. The lowest BCUT2D eigenvalue weighted by Gasteiger charge is -2.28. The maximum absolute atomic E-state index is 12.4. The van der Waals surface area contributed by atoms with Gasteiger partial charge in [0.25, 0.3) is 0 Å². The van der Waals surface area contributed by atoms with Gasteiger partial charge in [-0.1, -0.05) is 0 Å². The standard InChI is InChI=1S/C17H16O7/c1-6-14(21)7(2)17-13(15(6)22)9(18)5-12(24-17)8-3-10(19)16(23)11(20)4-8/h3-4,12,19-23H,5H2,1-2H3/t12-/m0/s1. The Hall–Kier alpha value is -3.09. The molecule has 7 heteroatoms. The predicted octanol–water partition coefficient (Wildman–Crippen LogP) is 2.54. The van der Waals surface area contributed by atoms with Crippen molar-refractivity contribution < 1.29 is 35.1 Å². The molecule has 3 rings (SSSR count). The van der Waals surface area contributed by atoms with Gasteiger partial charge < -0.3 is 30.3 Å². The maximum atomic E-state index is 12.4. The van der Waals surface area contributed by atoms with Gasteiger partial charge in [0.2, 0.25) is 0 Å². The molecular weight excluding hydrogens is 316 g/mol. The molecule has 2 aromatic rings. The largest absolute Gasteiger partial charge is 0.507 e. The average molecular weight is 332 g/mol. The van der Waals surface area contributed by atoms with Crippen molar-refractivity contribution in [2.45, 2.75) is 26.4 Å². The zero-order valence-electron chi connectivity index (χ0n) is 13.0. The van der Waals surface area contributed by atoms with E-state index >= 15 is 0 Å². The highest BCUT2D eigenvalue weighted by Gasteiger charge is 2.34. The number of aromatic hydroxyl groups is 5. The smallest absolute Gasteiger partial charge is 0.200 e. The van der Waals surface area contributed by atoms with Crippen LogP contribution >= 0.6 is 0 Å². The summed E-state index contributed by atoms with van der Waals surface area (Å²) in [7, 11) is 0. The molecule has 0 unspecified atom stereocenters. The van der Waals surface area contributed by atoms with Gasteiger partial charge in [0, 0.05) is 16.7 Å². The third-order valence-corrected chi connectivity index (χ3v) is 4.24. The maximum Gasteiger partial charge on any atom is 0.200 e. The zero-order valence-corrected chi connectivity index (χ0v) is 13.0. The molecule has 0 amide bonds. The first-order valence-corrected chi connectivity index (χ1v) is 7.22. The van der Waals surface area contributed by atoms with Crippen LogP contribution in [0, 0.1) is 13.8 Å². The van der Waals surface area contributed by atoms with Crippen molar-refractivity contribution in [3.05, 3.63) is 34.4 Å². The second-order valence-corrected chi connectivity index (χ2v) is 5.79. The number of rotatable bonds is 1. The van der Waals surface area contributed by atoms with E-state index in [0.29, 0.717) is 5.56 Å². The molecule has 2 aromatic carbocycles. The van der Waals surface area contributed by atoms with Crippen LogP contribution in [0.25, 0.3) is 0 Å². The second kappa shape index (κ2) is 5.23. The summed E-state index contributed by atoms with van der Waals surface area (Å²) in [4.78, 5) is 12.4. The van der Waals surface area contributed by atoms with Gasteiger partial charge in [0.15, 0.2) is 23.0 Å². The van der Waals surface area contributed by atoms with E-state index in [1.54, 1.807) is 6.92 Å². The summed E-state index contributed by atoms with van der Waals surface area (Å²) in [5, 5.41) is 48.8. The number of carbonyl (C=O) groups excluding carboxylic acids is 1. The quantitative estimate of drug-likeness (QED) is 0.508. The van der Waals surface area contributed by atoms with Crippen LogP contribution in [0.4, 0.5) is 0 Å². The monoisotopic (exact) mass is 332 g/mol. The van der Waals surface area contributed by atoms with Crippen molar-refractivity contribution in [2.75, 3.05) is 0 Å². The molecule has 0 radical (unpaired) electrons. The van der Waals surface area contributed by atoms with E-state index in [1.165, 1.54) is 19.1 Å². The van der Waals surface area contributed by atoms with E-state index in [0.717, 1.165) is 0 Å². The molecule has 126 valence electrons. The molecule has 24 heavy (non-hydrogen) atoms. The Bertz CT molecular complexity index is 847. The van der Waals surface area contributed by atoms with E-state index in [4.69, 9.17) is 4.74 Å². The summed E-state index contributed by atoms with van der Waals surface area (Å²) in [6, 6.07) is 2.36. The number of ketones is 1. The normalized spacial score (nSPS) is 16.6. The van der Waals surface area contributed by atoms with E-state index in [-0.39, 0.29) is 40.4 Å². The van der Waals surface area contributed by atoms with Crippen molar-refractivity contribution in [3.63, 3.8) is 0 Å². The molecule has 0 aliphatic carbocycles. The zero-order chi connectivity index (χ0) is 17.8. The van der Waals surface area contributed by atoms with Gasteiger partial charge in [0.05, 0.1) is 6.42 Å². The molecule has 0 bridgehead atoms. The molecule has 0 aromatic heterocycles. The fraction of sp³-hybridized carbons (Fsp3) is 0.235. The first-order chi connectivity index (χ1) is 11.2. The Morgan fingerprint density at radius 1 is 0.917 bits per heavy atom. The second-order valence-electron chi connectivity index (χ2n) is 5.79. The van der Waals surface area contributed by atoms with Crippen molar-refractivity contribution in [1.82, 2.24) is 0 Å². The van der Waals surface area contributed by atoms with Crippen LogP contribution in [-0.2, 0) is 0 Å². The third-order valence-electron chi connectivity index (χ3n) is 4.24. The van der Waals surface area contributed by atoms with Crippen molar-refractivity contribution in [1.29, 1.82) is 0 Å². The topological polar surface area (TPSA) is 127 Å². The lowest BCUT2D eigenvalue weighted by Crippen LogP contribution is -2.21. The van der Waals surface area contributed by atoms with E-state index in [2.05, 4.69) is 0 Å². The van der Waals surface area contributed by atoms with Gasteiger partial charge in [-0.2, -0.15) is 0 Å². The first-order valence-electron chi connectivity index (χ1n) is 7.22. The number of phenols is 5. The Balaban J connectivity index is 2.12. The fourth-order valence-electron chi connectivity index (χ4n) is 2.84. The number of hydrogen-bond acceptors (Lipinski definition) is 7. The molecular formula is C17H16O7. The van der Waals surface area contributed by atoms with Crippen molar-refractivity contribution in [2.24, 2.45) is 0 Å². The number of Topliss-reactive ketones (excluding diaryl/α,β-unsaturated/α-hetero) is 1. The first kappa shape index (κ1) is 15.8. The molecule has 1 heterocycles. The lowest BCUT2D eigenvalue weighted by atomic mass is 9.91. The molecule has 0 saturated carbocycles. The Labute approximate surface area is 137 Å². The van der Waals surface area contributed by atoms with Crippen LogP contribution in [0.1, 0.15) is 39.6 Å². The summed E-state index contributed by atoms with van der Waals surface area (Å²) in [5.41, 5.74) is 0.791.